The summed E-state index contributed by atoms with van der Waals surface area (Å²) in [5, 5.41) is 0. The van der Waals surface area contributed by atoms with Crippen LogP contribution in [0.25, 0.3) is 0 Å². The van der Waals surface area contributed by atoms with Crippen LogP contribution in [0, 0.1) is 35.0 Å². The predicted octanol–water partition coefficient (Wildman–Crippen LogP) is 7.12. The highest BCUT2D eigenvalue weighted by molar-refractivity contribution is 6.03. The van der Waals surface area contributed by atoms with Gasteiger partial charge in [0.15, 0.2) is 0 Å². The smallest absolute Gasteiger partial charge is 0.319 e. The molecule has 30 heavy (non-hydrogen) atoms. The van der Waals surface area contributed by atoms with Crippen LogP contribution in [0.15, 0.2) is 0 Å². The van der Waals surface area contributed by atoms with Crippen LogP contribution < -0.4 is 0 Å². The van der Waals surface area contributed by atoms with Crippen molar-refractivity contribution in [3.63, 3.8) is 0 Å². The van der Waals surface area contributed by atoms with E-state index in [1.807, 2.05) is 6.92 Å². The van der Waals surface area contributed by atoms with E-state index in [0.717, 1.165) is 24.2 Å². The molecule has 172 valence electrons. The molecule has 0 radical (unpaired) electrons. The molecule has 3 rings (SSSR count). The summed E-state index contributed by atoms with van der Waals surface area (Å²) < 4.78 is 5.19. The number of hydrogen-bond acceptors (Lipinski definition) is 3. The highest BCUT2D eigenvalue weighted by Crippen LogP contribution is 2.47. The van der Waals surface area contributed by atoms with Crippen molar-refractivity contribution in [3.05, 3.63) is 0 Å². The molecule has 0 N–H and O–H groups in total. The van der Waals surface area contributed by atoms with Gasteiger partial charge in [-0.2, -0.15) is 0 Å². The molecule has 2 atom stereocenters. The number of carbonyl (C=O) groups excluding carboxylic acids is 2. The molecular weight excluding hydrogens is 372 g/mol. The van der Waals surface area contributed by atoms with Crippen LogP contribution in [0.3, 0.4) is 0 Å². The lowest BCUT2D eigenvalue weighted by molar-refractivity contribution is -0.162. The third kappa shape index (κ3) is 5.68. The number of ether oxygens (including phenoxy) is 1. The van der Waals surface area contributed by atoms with E-state index in [1.54, 1.807) is 6.92 Å². The van der Waals surface area contributed by atoms with Crippen LogP contribution in [0.2, 0.25) is 0 Å². The summed E-state index contributed by atoms with van der Waals surface area (Å²) in [7, 11) is 0. The lowest BCUT2D eigenvalue weighted by Crippen LogP contribution is -2.44. The molecule has 0 amide bonds. The fourth-order valence-corrected chi connectivity index (χ4v) is 6.81. The maximum absolute atomic E-state index is 12.8. The van der Waals surface area contributed by atoms with E-state index in [1.165, 1.54) is 77.0 Å². The Balaban J connectivity index is 1.40. The normalized spacial score (nSPS) is 37.7. The summed E-state index contributed by atoms with van der Waals surface area (Å²) in [4.78, 5) is 25.1. The minimum absolute atomic E-state index is 0.126. The minimum Gasteiger partial charge on any atom is -0.465 e. The van der Waals surface area contributed by atoms with Gasteiger partial charge in [0.1, 0.15) is 11.2 Å². The van der Waals surface area contributed by atoms with Gasteiger partial charge in [-0.25, -0.2) is 0 Å². The Bertz CT molecular complexity index is 554. The number of esters is 1. The highest BCUT2D eigenvalue weighted by Gasteiger charge is 2.47. The quantitative estimate of drug-likeness (QED) is 0.239. The Morgan fingerprint density at radius 1 is 0.867 bits per heavy atom. The fourth-order valence-electron chi connectivity index (χ4n) is 6.81. The van der Waals surface area contributed by atoms with E-state index in [-0.39, 0.29) is 11.8 Å². The molecule has 3 fully saturated rings. The van der Waals surface area contributed by atoms with Gasteiger partial charge >= 0.3 is 5.97 Å². The number of rotatable bonds is 8. The molecule has 0 heterocycles. The molecule has 3 saturated carbocycles. The summed E-state index contributed by atoms with van der Waals surface area (Å²) in [6.45, 7) is 6.28. The molecule has 3 nitrogen and oxygen atoms in total. The fraction of sp³-hybridized carbons (Fsp3) is 0.926. The van der Waals surface area contributed by atoms with Crippen LogP contribution in [0.1, 0.15) is 117 Å². The second-order valence-corrected chi connectivity index (χ2v) is 10.9. The van der Waals surface area contributed by atoms with Crippen molar-refractivity contribution in [2.24, 2.45) is 35.0 Å². The Kier molecular flexibility index (Phi) is 8.83. The van der Waals surface area contributed by atoms with E-state index >= 15 is 0 Å². The average molecular weight is 419 g/mol. The lowest BCUT2D eigenvalue weighted by atomic mass is 9.62. The van der Waals surface area contributed by atoms with Gasteiger partial charge in [-0.05, 0) is 94.8 Å². The van der Waals surface area contributed by atoms with Gasteiger partial charge in [0.2, 0.25) is 0 Å². The van der Waals surface area contributed by atoms with Crippen LogP contribution in [0.4, 0.5) is 0 Å². The second kappa shape index (κ2) is 11.1. The molecule has 0 aromatic heterocycles. The van der Waals surface area contributed by atoms with Crippen molar-refractivity contribution in [2.75, 3.05) is 6.61 Å². The highest BCUT2D eigenvalue weighted by atomic mass is 16.5. The van der Waals surface area contributed by atoms with Crippen molar-refractivity contribution in [2.45, 2.75) is 117 Å². The van der Waals surface area contributed by atoms with E-state index in [2.05, 4.69) is 6.92 Å². The molecule has 0 aliphatic heterocycles. The molecule has 0 aromatic rings. The molecule has 1 unspecified atom stereocenters. The van der Waals surface area contributed by atoms with E-state index in [9.17, 15) is 9.59 Å². The van der Waals surface area contributed by atoms with Crippen molar-refractivity contribution < 1.29 is 14.3 Å². The molecule has 3 heteroatoms. The molecular formula is C27H46O3. The number of hydrogen-bond donors (Lipinski definition) is 0. The summed E-state index contributed by atoms with van der Waals surface area (Å²) in [5.41, 5.74) is -0.889. The SMILES string of the molecule is CCCCCC1CCC(C2CCC(C3CC[C@](C)(C(=O)OCC)C(=O)C3)CC2)CC1. The Hall–Kier alpha value is -0.860. The first-order chi connectivity index (χ1) is 14.5. The molecule has 3 aliphatic carbocycles. The van der Waals surface area contributed by atoms with E-state index in [0.29, 0.717) is 31.3 Å². The summed E-state index contributed by atoms with van der Waals surface area (Å²) in [6.07, 6.45) is 19.1. The Morgan fingerprint density at radius 3 is 1.97 bits per heavy atom. The van der Waals surface area contributed by atoms with Gasteiger partial charge in [0.25, 0.3) is 0 Å². The Labute approximate surface area is 185 Å². The summed E-state index contributed by atoms with van der Waals surface area (Å²) >= 11 is 0. The topological polar surface area (TPSA) is 43.4 Å². The molecule has 0 spiro atoms. The van der Waals surface area contributed by atoms with E-state index in [4.69, 9.17) is 4.74 Å². The summed E-state index contributed by atoms with van der Waals surface area (Å²) in [6, 6.07) is 0. The van der Waals surface area contributed by atoms with E-state index < -0.39 is 5.41 Å². The lowest BCUT2D eigenvalue weighted by Gasteiger charge is -2.42. The number of carbonyl (C=O) groups is 2. The Morgan fingerprint density at radius 2 is 1.43 bits per heavy atom. The van der Waals surface area contributed by atoms with Gasteiger partial charge in [0.05, 0.1) is 6.61 Å². The third-order valence-electron chi connectivity index (χ3n) is 9.06. The van der Waals surface area contributed by atoms with Crippen LogP contribution in [0.5, 0.6) is 0 Å². The number of ketones is 1. The van der Waals surface area contributed by atoms with Gasteiger partial charge in [-0.1, -0.05) is 45.4 Å². The molecule has 0 aromatic carbocycles. The monoisotopic (exact) mass is 418 g/mol. The molecule has 0 saturated heterocycles. The maximum atomic E-state index is 12.8. The summed E-state index contributed by atoms with van der Waals surface area (Å²) in [5.74, 6) is 3.92. The number of Topliss-reactive ketones (excluding diaryl/α,β-unsaturated/α-hetero) is 1. The molecule has 0 bridgehead atoms. The van der Waals surface area contributed by atoms with Crippen molar-refractivity contribution >= 4 is 11.8 Å². The first-order valence-corrected chi connectivity index (χ1v) is 13.2. The van der Waals surface area contributed by atoms with Crippen LogP contribution in [-0.2, 0) is 14.3 Å². The van der Waals surface area contributed by atoms with Gasteiger partial charge in [0, 0.05) is 6.42 Å². The van der Waals surface area contributed by atoms with Gasteiger partial charge in [-0.3, -0.25) is 9.59 Å². The maximum Gasteiger partial charge on any atom is 0.319 e. The van der Waals surface area contributed by atoms with Crippen molar-refractivity contribution in [1.29, 1.82) is 0 Å². The zero-order valence-electron chi connectivity index (χ0n) is 19.9. The minimum atomic E-state index is -0.889. The standard InChI is InChI=1S/C27H46O3/c1-4-6-7-8-20-9-11-21(12-10-20)22-13-15-23(16-14-22)24-17-18-27(3,25(28)19-24)26(29)30-5-2/h20-24H,4-19H2,1-3H3/t20?,21?,22?,23?,24?,27-/m0/s1. The zero-order valence-corrected chi connectivity index (χ0v) is 19.9. The first kappa shape index (κ1) is 23.8. The first-order valence-electron chi connectivity index (χ1n) is 13.2. The average Bonchev–Trinajstić information content (AvgIpc) is 2.77. The van der Waals surface area contributed by atoms with Gasteiger partial charge in [-0.15, -0.1) is 0 Å². The second-order valence-electron chi connectivity index (χ2n) is 10.9. The predicted molar refractivity (Wildman–Crippen MR) is 122 cm³/mol. The van der Waals surface area contributed by atoms with Gasteiger partial charge < -0.3 is 4.74 Å². The molecule has 3 aliphatic rings. The van der Waals surface area contributed by atoms with Crippen molar-refractivity contribution in [1.82, 2.24) is 0 Å². The van der Waals surface area contributed by atoms with Crippen LogP contribution in [-0.4, -0.2) is 18.4 Å². The van der Waals surface area contributed by atoms with Crippen molar-refractivity contribution in [3.8, 4) is 0 Å². The zero-order chi connectivity index (χ0) is 21.6. The largest absolute Gasteiger partial charge is 0.465 e. The van der Waals surface area contributed by atoms with Crippen LogP contribution >= 0.6 is 0 Å². The number of unbranched alkanes of at least 4 members (excludes halogenated alkanes) is 2. The third-order valence-corrected chi connectivity index (χ3v) is 9.06.